The monoisotopic (exact) mass is 398 g/mol. The summed E-state index contributed by atoms with van der Waals surface area (Å²) in [6.07, 6.45) is -0.244. The molecule has 0 aliphatic carbocycles. The molecule has 28 heavy (non-hydrogen) atoms. The van der Waals surface area contributed by atoms with Gasteiger partial charge in [-0.25, -0.2) is 4.79 Å². The van der Waals surface area contributed by atoms with E-state index in [-0.39, 0.29) is 18.7 Å². The van der Waals surface area contributed by atoms with Gasteiger partial charge >= 0.3 is 6.16 Å². The van der Waals surface area contributed by atoms with E-state index >= 15 is 0 Å². The Bertz CT molecular complexity index is 590. The van der Waals surface area contributed by atoms with Crippen molar-refractivity contribution < 1.29 is 28.8 Å². The van der Waals surface area contributed by atoms with Gasteiger partial charge in [0.25, 0.3) is 11.8 Å². The van der Waals surface area contributed by atoms with Crippen molar-refractivity contribution in [3.63, 3.8) is 0 Å². The van der Waals surface area contributed by atoms with Crippen molar-refractivity contribution in [2.24, 2.45) is 16.7 Å². The van der Waals surface area contributed by atoms with E-state index in [2.05, 4.69) is 19.2 Å². The molecule has 0 spiro atoms. The average Bonchev–Trinajstić information content (AvgIpc) is 2.87. The molecule has 160 valence electrons. The molecule has 0 aromatic carbocycles. The third-order valence-electron chi connectivity index (χ3n) is 4.67. The number of hydrogen-bond donors (Lipinski definition) is 1. The Hall–Kier alpha value is -2.12. The van der Waals surface area contributed by atoms with Crippen LogP contribution in [0.15, 0.2) is 0 Å². The van der Waals surface area contributed by atoms with Gasteiger partial charge in [-0.2, -0.15) is 0 Å². The zero-order chi connectivity index (χ0) is 21.7. The molecule has 1 saturated heterocycles. The predicted octanol–water partition coefficient (Wildman–Crippen LogP) is 3.20. The van der Waals surface area contributed by atoms with Crippen molar-refractivity contribution in [1.82, 2.24) is 10.4 Å². The molecule has 0 bridgehead atoms. The van der Waals surface area contributed by atoms with Crippen LogP contribution in [0.1, 0.15) is 74.1 Å². The molecule has 0 saturated carbocycles. The van der Waals surface area contributed by atoms with E-state index in [1.54, 1.807) is 0 Å². The highest BCUT2D eigenvalue weighted by molar-refractivity contribution is 6.01. The molecule has 1 N–H and O–H groups in total. The van der Waals surface area contributed by atoms with Gasteiger partial charge in [-0.1, -0.05) is 53.5 Å². The highest BCUT2D eigenvalue weighted by Gasteiger charge is 2.38. The van der Waals surface area contributed by atoms with E-state index < -0.39 is 34.9 Å². The van der Waals surface area contributed by atoms with Crippen molar-refractivity contribution >= 4 is 23.9 Å². The minimum absolute atomic E-state index is 0.0211. The second kappa shape index (κ2) is 9.39. The van der Waals surface area contributed by atoms with Gasteiger partial charge in [-0.3, -0.25) is 19.2 Å². The van der Waals surface area contributed by atoms with E-state index in [0.29, 0.717) is 23.9 Å². The van der Waals surface area contributed by atoms with Crippen molar-refractivity contribution in [1.29, 1.82) is 0 Å². The number of nitrogens with zero attached hydrogens (tertiary/aromatic N) is 1. The molecule has 1 atom stereocenters. The lowest BCUT2D eigenvalue weighted by atomic mass is 9.82. The van der Waals surface area contributed by atoms with Crippen LogP contribution in [0, 0.1) is 16.7 Å². The quantitative estimate of drug-likeness (QED) is 0.498. The molecule has 8 heteroatoms. The fraction of sp³-hybridized carbons (Fsp3) is 0.800. The van der Waals surface area contributed by atoms with Crippen molar-refractivity contribution in [3.05, 3.63) is 0 Å². The van der Waals surface area contributed by atoms with E-state index in [4.69, 9.17) is 9.57 Å². The molecule has 1 heterocycles. The first-order valence-corrected chi connectivity index (χ1v) is 9.76. The van der Waals surface area contributed by atoms with Gasteiger partial charge in [0, 0.05) is 30.2 Å². The van der Waals surface area contributed by atoms with Gasteiger partial charge in [0.05, 0.1) is 0 Å². The largest absolute Gasteiger partial charge is 0.534 e. The third kappa shape index (κ3) is 7.13. The SMILES string of the molecule is CC(C)CCC(OC(=O)ON1C(=O)CCC1=O)C(C)(C)CNC(=O)C(C)(C)C. The first kappa shape index (κ1) is 23.9. The fourth-order valence-corrected chi connectivity index (χ4v) is 2.65. The highest BCUT2D eigenvalue weighted by atomic mass is 16.8. The second-order valence-corrected chi connectivity index (χ2v) is 9.42. The number of hydroxylamine groups is 2. The molecule has 8 nitrogen and oxygen atoms in total. The number of ether oxygens (including phenoxy) is 1. The van der Waals surface area contributed by atoms with Crippen molar-refractivity contribution in [2.45, 2.75) is 80.3 Å². The molecule has 1 fully saturated rings. The number of carbonyl (C=O) groups is 4. The molecular formula is C20H34N2O6. The molecule has 0 radical (unpaired) electrons. The fourth-order valence-electron chi connectivity index (χ4n) is 2.65. The minimum atomic E-state index is -1.09. The Balaban J connectivity index is 2.79. The van der Waals surface area contributed by atoms with Crippen LogP contribution >= 0.6 is 0 Å². The lowest BCUT2D eigenvalue weighted by Crippen LogP contribution is -2.46. The highest BCUT2D eigenvalue weighted by Crippen LogP contribution is 2.29. The number of carbonyl (C=O) groups excluding carboxylic acids is 4. The summed E-state index contributed by atoms with van der Waals surface area (Å²) in [6.45, 7) is 13.7. The Morgan fingerprint density at radius 1 is 1.04 bits per heavy atom. The van der Waals surface area contributed by atoms with Crippen LogP contribution in [0.5, 0.6) is 0 Å². The molecule has 0 aromatic rings. The van der Waals surface area contributed by atoms with Crippen LogP contribution in [0.4, 0.5) is 4.79 Å². The summed E-state index contributed by atoms with van der Waals surface area (Å²) in [4.78, 5) is 52.5. The summed E-state index contributed by atoms with van der Waals surface area (Å²) >= 11 is 0. The molecular weight excluding hydrogens is 364 g/mol. The minimum Gasteiger partial charge on any atom is -0.429 e. The van der Waals surface area contributed by atoms with E-state index in [9.17, 15) is 19.2 Å². The average molecular weight is 399 g/mol. The number of rotatable bonds is 8. The summed E-state index contributed by atoms with van der Waals surface area (Å²) in [5.74, 6) is -0.822. The molecule has 0 aromatic heterocycles. The first-order valence-electron chi connectivity index (χ1n) is 9.76. The van der Waals surface area contributed by atoms with Gasteiger partial charge in [0.15, 0.2) is 0 Å². The lowest BCUT2D eigenvalue weighted by Gasteiger charge is -2.35. The molecule has 1 rings (SSSR count). The number of amides is 3. The summed E-state index contributed by atoms with van der Waals surface area (Å²) in [5.41, 5.74) is -1.10. The molecule has 1 aliphatic rings. The standard InChI is InChI=1S/C20H34N2O6/c1-13(2)8-9-14(20(6,7)12-21-17(25)19(3,4)5)27-18(26)28-22-15(23)10-11-16(22)24/h13-14H,8-12H2,1-7H3,(H,21,25). The number of nitrogens with one attached hydrogen (secondary N) is 1. The summed E-state index contributed by atoms with van der Waals surface area (Å²) in [5, 5.41) is 3.37. The Morgan fingerprint density at radius 2 is 1.57 bits per heavy atom. The van der Waals surface area contributed by atoms with Crippen LogP contribution in [0.2, 0.25) is 0 Å². The van der Waals surface area contributed by atoms with Crippen LogP contribution in [0.25, 0.3) is 0 Å². The van der Waals surface area contributed by atoms with Crippen molar-refractivity contribution in [3.8, 4) is 0 Å². The number of hydrogen-bond acceptors (Lipinski definition) is 6. The smallest absolute Gasteiger partial charge is 0.429 e. The molecule has 3 amide bonds. The number of imide groups is 1. The normalized spacial score (nSPS) is 16.4. The van der Waals surface area contributed by atoms with Gasteiger partial charge in [0.2, 0.25) is 5.91 Å². The summed E-state index contributed by atoms with van der Waals surface area (Å²) in [6, 6.07) is 0. The van der Waals surface area contributed by atoms with Crippen LogP contribution in [-0.2, 0) is 24.0 Å². The lowest BCUT2D eigenvalue weighted by molar-refractivity contribution is -0.180. The molecule has 1 aliphatic heterocycles. The first-order chi connectivity index (χ1) is 12.7. The van der Waals surface area contributed by atoms with Gasteiger partial charge < -0.3 is 10.1 Å². The van der Waals surface area contributed by atoms with Gasteiger partial charge in [-0.05, 0) is 18.8 Å². The van der Waals surface area contributed by atoms with Gasteiger partial charge in [-0.15, -0.1) is 0 Å². The zero-order valence-electron chi connectivity index (χ0n) is 18.1. The topological polar surface area (TPSA) is 102 Å². The zero-order valence-corrected chi connectivity index (χ0v) is 18.1. The van der Waals surface area contributed by atoms with E-state index in [1.807, 2.05) is 34.6 Å². The Labute approximate surface area is 167 Å². The van der Waals surface area contributed by atoms with Gasteiger partial charge in [0.1, 0.15) is 6.10 Å². The van der Waals surface area contributed by atoms with E-state index in [1.165, 1.54) is 0 Å². The summed E-state index contributed by atoms with van der Waals surface area (Å²) in [7, 11) is 0. The maximum atomic E-state index is 12.2. The maximum absolute atomic E-state index is 12.2. The third-order valence-corrected chi connectivity index (χ3v) is 4.67. The summed E-state index contributed by atoms with van der Waals surface area (Å²) < 4.78 is 5.48. The van der Waals surface area contributed by atoms with Crippen LogP contribution in [-0.4, -0.2) is 41.6 Å². The molecule has 1 unspecified atom stereocenters. The Morgan fingerprint density at radius 3 is 2.04 bits per heavy atom. The van der Waals surface area contributed by atoms with Crippen LogP contribution in [0.3, 0.4) is 0 Å². The van der Waals surface area contributed by atoms with Crippen LogP contribution < -0.4 is 5.32 Å². The second-order valence-electron chi connectivity index (χ2n) is 9.42. The Kier molecular flexibility index (Phi) is 8.02. The predicted molar refractivity (Wildman–Crippen MR) is 103 cm³/mol. The van der Waals surface area contributed by atoms with E-state index in [0.717, 1.165) is 6.42 Å². The maximum Gasteiger partial charge on any atom is 0.534 e. The van der Waals surface area contributed by atoms with Crippen molar-refractivity contribution in [2.75, 3.05) is 6.54 Å².